The fraction of sp³-hybridized carbons (Fsp3) is 0.219. The van der Waals surface area contributed by atoms with Crippen molar-refractivity contribution in [2.45, 2.75) is 38.9 Å². The quantitative estimate of drug-likeness (QED) is 0.332. The average Bonchev–Trinajstić information content (AvgIpc) is 3.19. The van der Waals surface area contributed by atoms with E-state index in [9.17, 15) is 18.8 Å². The first kappa shape index (κ1) is 26.1. The number of amides is 3. The maximum Gasteiger partial charge on any atom is 0.259 e. The van der Waals surface area contributed by atoms with Crippen LogP contribution in [0.3, 0.4) is 0 Å². The Hall–Kier alpha value is -4.52. The second-order valence-corrected chi connectivity index (χ2v) is 10.1. The van der Waals surface area contributed by atoms with Crippen molar-refractivity contribution in [3.05, 3.63) is 114 Å². The number of hydrogen-bond acceptors (Lipinski definition) is 3. The lowest BCUT2D eigenvalue weighted by Crippen LogP contribution is -2.54. The maximum atomic E-state index is 14.1. The van der Waals surface area contributed by atoms with Gasteiger partial charge < -0.3 is 10.2 Å². The molecule has 1 aliphatic heterocycles. The molecule has 0 spiro atoms. The Morgan fingerprint density at radius 1 is 0.872 bits per heavy atom. The van der Waals surface area contributed by atoms with Crippen molar-refractivity contribution in [2.24, 2.45) is 0 Å². The van der Waals surface area contributed by atoms with Gasteiger partial charge >= 0.3 is 0 Å². The molecule has 198 valence electrons. The minimum Gasteiger partial charge on any atom is -0.352 e. The van der Waals surface area contributed by atoms with Crippen LogP contribution in [0.2, 0.25) is 0 Å². The van der Waals surface area contributed by atoms with Crippen LogP contribution in [0.4, 0.5) is 10.1 Å². The molecule has 0 saturated carbocycles. The van der Waals surface area contributed by atoms with Gasteiger partial charge in [-0.15, -0.1) is 0 Å². The van der Waals surface area contributed by atoms with E-state index in [0.29, 0.717) is 16.8 Å². The molecule has 39 heavy (non-hydrogen) atoms. The van der Waals surface area contributed by atoms with E-state index in [1.807, 2.05) is 74.5 Å². The minimum absolute atomic E-state index is 0.0846. The second kappa shape index (κ2) is 11.1. The molecule has 0 bridgehead atoms. The van der Waals surface area contributed by atoms with Gasteiger partial charge in [-0.2, -0.15) is 0 Å². The number of halogens is 1. The van der Waals surface area contributed by atoms with Crippen molar-refractivity contribution < 1.29 is 18.8 Å². The molecule has 4 aromatic carbocycles. The Labute approximate surface area is 227 Å². The summed E-state index contributed by atoms with van der Waals surface area (Å²) < 4.78 is 13.7. The Morgan fingerprint density at radius 2 is 1.56 bits per heavy atom. The third-order valence-corrected chi connectivity index (χ3v) is 6.91. The third kappa shape index (κ3) is 5.53. The summed E-state index contributed by atoms with van der Waals surface area (Å²) in [6.45, 7) is 3.59. The van der Waals surface area contributed by atoms with Crippen LogP contribution in [0.5, 0.6) is 0 Å². The lowest BCUT2D eigenvalue weighted by Gasteiger charge is -2.33. The molecule has 0 radical (unpaired) electrons. The SMILES string of the molecule is CC(C)NC(=O)C(Cc1ccccc1)N(Cc1ccc(F)cc1)C(=O)CN1C(=O)c2cccc3cccc1c23. The zero-order valence-corrected chi connectivity index (χ0v) is 21.9. The van der Waals surface area contributed by atoms with Crippen LogP contribution in [0.25, 0.3) is 10.8 Å². The number of anilines is 1. The highest BCUT2D eigenvalue weighted by atomic mass is 19.1. The molecule has 4 aromatic rings. The normalized spacial score (nSPS) is 13.1. The largest absolute Gasteiger partial charge is 0.352 e. The Bertz CT molecular complexity index is 1510. The first-order chi connectivity index (χ1) is 18.8. The van der Waals surface area contributed by atoms with Gasteiger partial charge in [0.15, 0.2) is 0 Å². The van der Waals surface area contributed by atoms with Gasteiger partial charge in [0.25, 0.3) is 5.91 Å². The van der Waals surface area contributed by atoms with Crippen LogP contribution in [0, 0.1) is 5.82 Å². The van der Waals surface area contributed by atoms with E-state index < -0.39 is 6.04 Å². The Kier molecular flexibility index (Phi) is 7.41. The van der Waals surface area contributed by atoms with E-state index in [0.717, 1.165) is 16.3 Å². The van der Waals surface area contributed by atoms with E-state index in [1.165, 1.54) is 21.9 Å². The van der Waals surface area contributed by atoms with Gasteiger partial charge in [0, 0.05) is 30.0 Å². The lowest BCUT2D eigenvalue weighted by atomic mass is 10.0. The molecule has 1 N–H and O–H groups in total. The monoisotopic (exact) mass is 523 g/mol. The molecule has 3 amide bonds. The highest BCUT2D eigenvalue weighted by Crippen LogP contribution is 2.37. The highest BCUT2D eigenvalue weighted by Gasteiger charge is 2.36. The molecule has 5 rings (SSSR count). The van der Waals surface area contributed by atoms with E-state index in [-0.39, 0.29) is 49.1 Å². The van der Waals surface area contributed by atoms with Crippen LogP contribution in [0.1, 0.15) is 35.3 Å². The third-order valence-electron chi connectivity index (χ3n) is 6.91. The summed E-state index contributed by atoms with van der Waals surface area (Å²) in [6, 6.07) is 25.6. The van der Waals surface area contributed by atoms with Crippen molar-refractivity contribution in [2.75, 3.05) is 11.4 Å². The van der Waals surface area contributed by atoms with Gasteiger partial charge in [-0.3, -0.25) is 19.3 Å². The number of hydrogen-bond donors (Lipinski definition) is 1. The van der Waals surface area contributed by atoms with Crippen LogP contribution >= 0.6 is 0 Å². The van der Waals surface area contributed by atoms with Gasteiger partial charge in [-0.05, 0) is 54.6 Å². The molecule has 6 nitrogen and oxygen atoms in total. The van der Waals surface area contributed by atoms with Crippen LogP contribution in [-0.4, -0.2) is 41.2 Å². The molecular formula is C32H30FN3O3. The molecule has 1 aliphatic rings. The fourth-order valence-corrected chi connectivity index (χ4v) is 5.08. The molecule has 7 heteroatoms. The van der Waals surface area contributed by atoms with Crippen molar-refractivity contribution in [3.8, 4) is 0 Å². The summed E-state index contributed by atoms with van der Waals surface area (Å²) in [7, 11) is 0. The first-order valence-corrected chi connectivity index (χ1v) is 13.0. The van der Waals surface area contributed by atoms with Crippen molar-refractivity contribution in [3.63, 3.8) is 0 Å². The summed E-state index contributed by atoms with van der Waals surface area (Å²) >= 11 is 0. The molecule has 1 unspecified atom stereocenters. The molecule has 1 atom stereocenters. The molecular weight excluding hydrogens is 493 g/mol. The topological polar surface area (TPSA) is 69.7 Å². The van der Waals surface area contributed by atoms with Crippen LogP contribution < -0.4 is 10.2 Å². The molecule has 1 heterocycles. The summed E-state index contributed by atoms with van der Waals surface area (Å²) in [5, 5.41) is 4.70. The number of benzene rings is 4. The fourth-order valence-electron chi connectivity index (χ4n) is 5.08. The molecule has 0 aromatic heterocycles. The molecule has 0 aliphatic carbocycles. The summed E-state index contributed by atoms with van der Waals surface area (Å²) in [6.07, 6.45) is 0.288. The van der Waals surface area contributed by atoms with Gasteiger partial charge in [0.05, 0.1) is 5.69 Å². The van der Waals surface area contributed by atoms with E-state index >= 15 is 0 Å². The predicted octanol–water partition coefficient (Wildman–Crippen LogP) is 5.10. The van der Waals surface area contributed by atoms with E-state index in [1.54, 1.807) is 18.2 Å². The number of carbonyl (C=O) groups excluding carboxylic acids is 3. The average molecular weight is 524 g/mol. The van der Waals surface area contributed by atoms with Crippen molar-refractivity contribution in [1.29, 1.82) is 0 Å². The van der Waals surface area contributed by atoms with Crippen LogP contribution in [-0.2, 0) is 22.6 Å². The smallest absolute Gasteiger partial charge is 0.259 e. The second-order valence-electron chi connectivity index (χ2n) is 10.1. The number of rotatable bonds is 9. The number of nitrogens with zero attached hydrogens (tertiary/aromatic N) is 2. The summed E-state index contributed by atoms with van der Waals surface area (Å²) in [5.74, 6) is -1.30. The first-order valence-electron chi connectivity index (χ1n) is 13.0. The number of nitrogens with one attached hydrogen (secondary N) is 1. The van der Waals surface area contributed by atoms with Gasteiger partial charge in [0.1, 0.15) is 18.4 Å². The maximum absolute atomic E-state index is 14.1. The standard InChI is InChI=1S/C32H30FN3O3/c1-21(2)34-31(38)28(18-22-8-4-3-5-9-22)35(19-23-14-16-25(33)17-15-23)29(37)20-36-27-13-7-11-24-10-6-12-26(30(24)27)32(36)39/h3-17,21,28H,18-20H2,1-2H3,(H,34,38). The summed E-state index contributed by atoms with van der Waals surface area (Å²) in [4.78, 5) is 44.0. The molecule has 0 fully saturated rings. The zero-order valence-electron chi connectivity index (χ0n) is 21.9. The Morgan fingerprint density at radius 3 is 2.26 bits per heavy atom. The minimum atomic E-state index is -0.844. The van der Waals surface area contributed by atoms with Crippen LogP contribution in [0.15, 0.2) is 91.0 Å². The number of carbonyl (C=O) groups is 3. The van der Waals surface area contributed by atoms with Crippen molar-refractivity contribution >= 4 is 34.2 Å². The van der Waals surface area contributed by atoms with E-state index in [2.05, 4.69) is 5.32 Å². The lowest BCUT2D eigenvalue weighted by molar-refractivity contribution is -0.140. The van der Waals surface area contributed by atoms with Crippen molar-refractivity contribution in [1.82, 2.24) is 10.2 Å². The van der Waals surface area contributed by atoms with Gasteiger partial charge in [0.2, 0.25) is 11.8 Å². The van der Waals surface area contributed by atoms with E-state index in [4.69, 9.17) is 0 Å². The predicted molar refractivity (Wildman–Crippen MR) is 150 cm³/mol. The molecule has 0 saturated heterocycles. The zero-order chi connectivity index (χ0) is 27.5. The summed E-state index contributed by atoms with van der Waals surface area (Å²) in [5.41, 5.74) is 2.81. The van der Waals surface area contributed by atoms with Gasteiger partial charge in [-0.1, -0.05) is 66.7 Å². The van der Waals surface area contributed by atoms with Gasteiger partial charge in [-0.25, -0.2) is 4.39 Å². The highest BCUT2D eigenvalue weighted by molar-refractivity contribution is 6.26. The Balaban J connectivity index is 1.51.